The first kappa shape index (κ1) is 9.48. The predicted molar refractivity (Wildman–Crippen MR) is 45.6 cm³/mol. The maximum Gasteiger partial charge on any atom is 0.224 e. The summed E-state index contributed by atoms with van der Waals surface area (Å²) in [5.74, 6) is -0.405. The van der Waals surface area contributed by atoms with Crippen LogP contribution in [0.1, 0.15) is 13.3 Å². The van der Waals surface area contributed by atoms with Gasteiger partial charge < -0.3 is 15.8 Å². The lowest BCUT2D eigenvalue weighted by atomic mass is 10.0. The summed E-state index contributed by atoms with van der Waals surface area (Å²) >= 11 is 0. The Bertz CT molecular complexity index is 161. The van der Waals surface area contributed by atoms with Crippen LogP contribution in [0.5, 0.6) is 0 Å². The first-order valence-electron chi connectivity index (χ1n) is 4.36. The highest BCUT2D eigenvalue weighted by Gasteiger charge is 2.31. The van der Waals surface area contributed by atoms with E-state index in [0.29, 0.717) is 13.2 Å². The molecule has 0 aromatic heterocycles. The van der Waals surface area contributed by atoms with E-state index in [1.54, 1.807) is 0 Å². The fourth-order valence-corrected chi connectivity index (χ4v) is 1.37. The summed E-state index contributed by atoms with van der Waals surface area (Å²) in [6.07, 6.45) is 1.06. The van der Waals surface area contributed by atoms with Gasteiger partial charge in [0.15, 0.2) is 0 Å². The molecule has 1 aliphatic heterocycles. The molecule has 1 aliphatic rings. The summed E-state index contributed by atoms with van der Waals surface area (Å²) in [5.41, 5.74) is 5.20. The molecule has 2 unspecified atom stereocenters. The molecule has 70 valence electrons. The van der Waals surface area contributed by atoms with Gasteiger partial charge in [0.1, 0.15) is 0 Å². The number of carbonyl (C=O) groups excluding carboxylic acids is 1. The van der Waals surface area contributed by atoms with E-state index >= 15 is 0 Å². The van der Waals surface area contributed by atoms with E-state index in [-0.39, 0.29) is 17.9 Å². The fraction of sp³-hybridized carbons (Fsp3) is 0.875. The number of hydrogen-bond donors (Lipinski definition) is 2. The summed E-state index contributed by atoms with van der Waals surface area (Å²) in [5, 5.41) is 3.24. The molecule has 1 heterocycles. The maximum absolute atomic E-state index is 10.9. The molecule has 1 rings (SSSR count). The van der Waals surface area contributed by atoms with Crippen LogP contribution in [0.15, 0.2) is 0 Å². The third-order valence-electron chi connectivity index (χ3n) is 2.10. The molecule has 0 aromatic rings. The van der Waals surface area contributed by atoms with Gasteiger partial charge in [0.05, 0.1) is 19.1 Å². The predicted octanol–water partition coefficient (Wildman–Crippen LogP) is -0.514. The van der Waals surface area contributed by atoms with Crippen molar-refractivity contribution < 1.29 is 9.53 Å². The van der Waals surface area contributed by atoms with Gasteiger partial charge in [0.2, 0.25) is 5.91 Å². The zero-order valence-electron chi connectivity index (χ0n) is 7.38. The number of rotatable bonds is 4. The molecule has 1 amide bonds. The van der Waals surface area contributed by atoms with Crippen molar-refractivity contribution in [1.82, 2.24) is 5.32 Å². The van der Waals surface area contributed by atoms with Gasteiger partial charge >= 0.3 is 0 Å². The number of nitrogens with two attached hydrogens (primary N) is 1. The number of hydrogen-bond acceptors (Lipinski definition) is 3. The lowest BCUT2D eigenvalue weighted by molar-refractivity contribution is -0.122. The molecule has 0 aromatic carbocycles. The molecule has 0 bridgehead atoms. The van der Waals surface area contributed by atoms with Gasteiger partial charge in [-0.1, -0.05) is 6.92 Å². The van der Waals surface area contributed by atoms with Crippen molar-refractivity contribution in [1.29, 1.82) is 0 Å². The second-order valence-electron chi connectivity index (χ2n) is 3.11. The molecule has 0 spiro atoms. The van der Waals surface area contributed by atoms with E-state index in [2.05, 4.69) is 12.2 Å². The topological polar surface area (TPSA) is 64.3 Å². The maximum atomic E-state index is 10.9. The highest BCUT2D eigenvalue weighted by Crippen LogP contribution is 2.12. The molecular formula is C8H16N2O2. The Balaban J connectivity index is 2.35. The molecule has 4 nitrogen and oxygen atoms in total. The summed E-state index contributed by atoms with van der Waals surface area (Å²) in [6.45, 7) is 4.07. The Labute approximate surface area is 72.5 Å². The average Bonchev–Trinajstić information content (AvgIpc) is 2.48. The first-order chi connectivity index (χ1) is 5.75. The van der Waals surface area contributed by atoms with Gasteiger partial charge in [-0.3, -0.25) is 4.79 Å². The monoisotopic (exact) mass is 172 g/mol. The van der Waals surface area contributed by atoms with Gasteiger partial charge in [0.25, 0.3) is 0 Å². The van der Waals surface area contributed by atoms with Crippen LogP contribution in [-0.4, -0.2) is 31.7 Å². The summed E-state index contributed by atoms with van der Waals surface area (Å²) in [7, 11) is 0. The molecule has 12 heavy (non-hydrogen) atoms. The molecule has 3 N–H and O–H groups in total. The Morgan fingerprint density at radius 1 is 1.67 bits per heavy atom. The van der Waals surface area contributed by atoms with Crippen LogP contribution in [0.4, 0.5) is 0 Å². The van der Waals surface area contributed by atoms with E-state index in [4.69, 9.17) is 10.5 Å². The van der Waals surface area contributed by atoms with E-state index in [9.17, 15) is 4.79 Å². The first-order valence-corrected chi connectivity index (χ1v) is 4.36. The highest BCUT2D eigenvalue weighted by atomic mass is 16.5. The summed E-state index contributed by atoms with van der Waals surface area (Å²) < 4.78 is 5.16. The molecule has 0 saturated carbocycles. The third kappa shape index (κ3) is 2.19. The summed E-state index contributed by atoms with van der Waals surface area (Å²) in [6, 6.07) is 0.127. The Kier molecular flexibility index (Phi) is 3.49. The summed E-state index contributed by atoms with van der Waals surface area (Å²) in [4.78, 5) is 10.9. The van der Waals surface area contributed by atoms with E-state index < -0.39 is 0 Å². The van der Waals surface area contributed by atoms with Crippen molar-refractivity contribution >= 4 is 5.91 Å². The number of carbonyl (C=O) groups is 1. The van der Waals surface area contributed by atoms with Gasteiger partial charge in [-0.2, -0.15) is 0 Å². The van der Waals surface area contributed by atoms with Crippen LogP contribution in [0, 0.1) is 5.92 Å². The zero-order chi connectivity index (χ0) is 8.97. The lowest BCUT2D eigenvalue weighted by Crippen LogP contribution is -2.42. The molecule has 4 heteroatoms. The quantitative estimate of drug-likeness (QED) is 0.600. The largest absolute Gasteiger partial charge is 0.379 e. The Morgan fingerprint density at radius 2 is 2.42 bits per heavy atom. The van der Waals surface area contributed by atoms with Crippen LogP contribution in [0.2, 0.25) is 0 Å². The van der Waals surface area contributed by atoms with E-state index in [0.717, 1.165) is 13.0 Å². The van der Waals surface area contributed by atoms with Gasteiger partial charge in [-0.05, 0) is 13.0 Å². The zero-order valence-corrected chi connectivity index (χ0v) is 7.38. The molecule has 1 fully saturated rings. The van der Waals surface area contributed by atoms with Crippen molar-refractivity contribution in [2.24, 2.45) is 11.7 Å². The minimum Gasteiger partial charge on any atom is -0.379 e. The Morgan fingerprint density at radius 3 is 3.00 bits per heavy atom. The standard InChI is InChI=1S/C8H16N2O2/c1-2-3-10-7-5-12-4-6(7)8(9)11/h6-7,10H,2-5H2,1H3,(H2,9,11). The minimum absolute atomic E-state index is 0.127. The third-order valence-corrected chi connectivity index (χ3v) is 2.10. The molecule has 1 saturated heterocycles. The second-order valence-corrected chi connectivity index (χ2v) is 3.11. The second kappa shape index (κ2) is 4.42. The van der Waals surface area contributed by atoms with Crippen molar-refractivity contribution in [2.45, 2.75) is 19.4 Å². The Hall–Kier alpha value is -0.610. The van der Waals surface area contributed by atoms with Gasteiger partial charge in [0, 0.05) is 6.04 Å². The normalized spacial score (nSPS) is 29.1. The van der Waals surface area contributed by atoms with Crippen molar-refractivity contribution in [2.75, 3.05) is 19.8 Å². The van der Waals surface area contributed by atoms with Crippen LogP contribution >= 0.6 is 0 Å². The van der Waals surface area contributed by atoms with Crippen molar-refractivity contribution in [3.05, 3.63) is 0 Å². The smallest absolute Gasteiger partial charge is 0.224 e. The fourth-order valence-electron chi connectivity index (χ4n) is 1.37. The van der Waals surface area contributed by atoms with E-state index in [1.165, 1.54) is 0 Å². The number of primary amides is 1. The molecule has 0 radical (unpaired) electrons. The van der Waals surface area contributed by atoms with Crippen LogP contribution < -0.4 is 11.1 Å². The average molecular weight is 172 g/mol. The van der Waals surface area contributed by atoms with Crippen LogP contribution in [-0.2, 0) is 9.53 Å². The van der Waals surface area contributed by atoms with Crippen molar-refractivity contribution in [3.8, 4) is 0 Å². The van der Waals surface area contributed by atoms with E-state index in [1.807, 2.05) is 0 Å². The molecule has 2 atom stereocenters. The SMILES string of the molecule is CCCNC1COCC1C(N)=O. The van der Waals surface area contributed by atoms with Gasteiger partial charge in [-0.25, -0.2) is 0 Å². The lowest BCUT2D eigenvalue weighted by Gasteiger charge is -2.15. The number of nitrogens with one attached hydrogen (secondary N) is 1. The van der Waals surface area contributed by atoms with Crippen LogP contribution in [0.3, 0.4) is 0 Å². The van der Waals surface area contributed by atoms with Crippen molar-refractivity contribution in [3.63, 3.8) is 0 Å². The number of ether oxygens (including phenoxy) is 1. The number of amides is 1. The minimum atomic E-state index is -0.263. The van der Waals surface area contributed by atoms with Gasteiger partial charge in [-0.15, -0.1) is 0 Å². The highest BCUT2D eigenvalue weighted by molar-refractivity contribution is 5.77. The molecule has 0 aliphatic carbocycles. The van der Waals surface area contributed by atoms with Crippen LogP contribution in [0.25, 0.3) is 0 Å². The molecular weight excluding hydrogens is 156 g/mol.